The van der Waals surface area contributed by atoms with Crippen molar-refractivity contribution in [3.8, 4) is 17.1 Å². The van der Waals surface area contributed by atoms with Crippen molar-refractivity contribution in [1.29, 1.82) is 5.41 Å². The third kappa shape index (κ3) is 4.18. The second-order valence-electron chi connectivity index (χ2n) is 7.16. The number of H-pyrrole nitrogens is 1. The molecule has 1 aromatic carbocycles. The molecule has 0 unspecified atom stereocenters. The summed E-state index contributed by atoms with van der Waals surface area (Å²) in [4.78, 5) is 21.9. The summed E-state index contributed by atoms with van der Waals surface area (Å²) in [7, 11) is 0. The summed E-state index contributed by atoms with van der Waals surface area (Å²) in [6.45, 7) is 0.882. The van der Waals surface area contributed by atoms with Crippen LogP contribution < -0.4 is 4.74 Å². The Kier molecular flexibility index (Phi) is 5.89. The average molecular weight is 443 g/mol. The SMILES string of the molecule is Cc1nc2c(c(OC(F)F)n1)CN(C(=NC=N)c1[nH]c(C)nc1-c1ccccc1F)CC2. The van der Waals surface area contributed by atoms with Crippen LogP contribution in [0.4, 0.5) is 13.2 Å². The third-order valence-corrected chi connectivity index (χ3v) is 5.00. The zero-order valence-electron chi connectivity index (χ0n) is 17.4. The number of aliphatic imine (C=N–C) groups is 1. The summed E-state index contributed by atoms with van der Waals surface area (Å²) in [5.41, 5.74) is 2.08. The van der Waals surface area contributed by atoms with Gasteiger partial charge in [0.25, 0.3) is 0 Å². The molecular weight excluding hydrogens is 423 g/mol. The molecule has 0 bridgehead atoms. The molecule has 11 heteroatoms. The number of halogens is 3. The largest absolute Gasteiger partial charge is 0.416 e. The van der Waals surface area contributed by atoms with E-state index < -0.39 is 12.4 Å². The molecule has 0 saturated heterocycles. The number of fused-ring (bicyclic) bond motifs is 1. The predicted molar refractivity (Wildman–Crippen MR) is 112 cm³/mol. The Morgan fingerprint density at radius 3 is 2.75 bits per heavy atom. The van der Waals surface area contributed by atoms with E-state index in [2.05, 4.69) is 29.7 Å². The number of imidazole rings is 1. The molecule has 1 aliphatic heterocycles. The number of hydrogen-bond donors (Lipinski definition) is 2. The minimum atomic E-state index is -3.03. The molecule has 2 N–H and O–H groups in total. The molecular formula is C21H20F3N7O. The first-order chi connectivity index (χ1) is 15.4. The Bertz CT molecular complexity index is 1190. The van der Waals surface area contributed by atoms with Crippen molar-refractivity contribution in [3.63, 3.8) is 0 Å². The van der Waals surface area contributed by atoms with Gasteiger partial charge in [-0.05, 0) is 26.0 Å². The van der Waals surface area contributed by atoms with Gasteiger partial charge in [-0.2, -0.15) is 13.8 Å². The number of nitrogens with one attached hydrogen (secondary N) is 2. The topological polar surface area (TPSA) is 103 Å². The fraction of sp³-hybridized carbons (Fsp3) is 0.286. The zero-order chi connectivity index (χ0) is 22.8. The normalized spacial score (nSPS) is 13.9. The predicted octanol–water partition coefficient (Wildman–Crippen LogP) is 3.64. The first-order valence-corrected chi connectivity index (χ1v) is 9.82. The van der Waals surface area contributed by atoms with Crippen molar-refractivity contribution in [3.05, 3.63) is 58.7 Å². The fourth-order valence-electron chi connectivity index (χ4n) is 3.73. The van der Waals surface area contributed by atoms with Gasteiger partial charge in [-0.25, -0.2) is 19.4 Å². The minimum Gasteiger partial charge on any atom is -0.416 e. The van der Waals surface area contributed by atoms with Crippen molar-refractivity contribution < 1.29 is 17.9 Å². The summed E-state index contributed by atoms with van der Waals surface area (Å²) < 4.78 is 45.0. The van der Waals surface area contributed by atoms with E-state index in [9.17, 15) is 13.2 Å². The van der Waals surface area contributed by atoms with Gasteiger partial charge in [0.2, 0.25) is 5.88 Å². The molecule has 2 aromatic heterocycles. The molecule has 166 valence electrons. The van der Waals surface area contributed by atoms with Crippen LogP contribution in [0, 0.1) is 25.1 Å². The van der Waals surface area contributed by atoms with E-state index in [1.54, 1.807) is 36.9 Å². The molecule has 0 atom stereocenters. The third-order valence-electron chi connectivity index (χ3n) is 5.00. The number of benzene rings is 1. The van der Waals surface area contributed by atoms with Gasteiger partial charge in [-0.3, -0.25) is 5.41 Å². The summed E-state index contributed by atoms with van der Waals surface area (Å²) in [6, 6.07) is 6.22. The van der Waals surface area contributed by atoms with Crippen LogP contribution in [0.25, 0.3) is 11.3 Å². The van der Waals surface area contributed by atoms with Crippen molar-refractivity contribution in [1.82, 2.24) is 24.8 Å². The number of aromatic nitrogens is 4. The van der Waals surface area contributed by atoms with E-state index >= 15 is 0 Å². The Labute approximate surface area is 181 Å². The number of ether oxygens (including phenoxy) is 1. The minimum absolute atomic E-state index is 0.124. The molecule has 0 aliphatic carbocycles. The Morgan fingerprint density at radius 2 is 2.03 bits per heavy atom. The van der Waals surface area contributed by atoms with Crippen LogP contribution in [0.5, 0.6) is 5.88 Å². The molecule has 8 nitrogen and oxygen atoms in total. The molecule has 1 aliphatic rings. The summed E-state index contributed by atoms with van der Waals surface area (Å²) in [5.74, 6) is 0.570. The monoisotopic (exact) mass is 443 g/mol. The quantitative estimate of drug-likeness (QED) is 0.463. The molecule has 3 heterocycles. The maximum atomic E-state index is 14.5. The van der Waals surface area contributed by atoms with Crippen LogP contribution in [0.3, 0.4) is 0 Å². The lowest BCUT2D eigenvalue weighted by Crippen LogP contribution is -2.38. The van der Waals surface area contributed by atoms with Crippen molar-refractivity contribution >= 4 is 12.2 Å². The zero-order valence-corrected chi connectivity index (χ0v) is 17.4. The highest BCUT2D eigenvalue weighted by molar-refractivity contribution is 6.05. The van der Waals surface area contributed by atoms with Gasteiger partial charge in [0.15, 0.2) is 5.84 Å². The lowest BCUT2D eigenvalue weighted by Gasteiger charge is -2.31. The highest BCUT2D eigenvalue weighted by Crippen LogP contribution is 2.30. The Morgan fingerprint density at radius 1 is 1.25 bits per heavy atom. The van der Waals surface area contributed by atoms with Crippen LogP contribution >= 0.6 is 0 Å². The van der Waals surface area contributed by atoms with Crippen LogP contribution in [0.1, 0.15) is 28.6 Å². The van der Waals surface area contributed by atoms with Crippen molar-refractivity contribution in [2.24, 2.45) is 4.99 Å². The van der Waals surface area contributed by atoms with Crippen LogP contribution in [-0.2, 0) is 13.0 Å². The Hall–Kier alpha value is -3.76. The van der Waals surface area contributed by atoms with E-state index in [-0.39, 0.29) is 18.0 Å². The summed E-state index contributed by atoms with van der Waals surface area (Å²) in [6.07, 6.45) is 1.30. The van der Waals surface area contributed by atoms with Gasteiger partial charge >= 0.3 is 6.61 Å². The lowest BCUT2D eigenvalue weighted by molar-refractivity contribution is -0.0540. The van der Waals surface area contributed by atoms with Crippen LogP contribution in [0.2, 0.25) is 0 Å². The van der Waals surface area contributed by atoms with Gasteiger partial charge in [0, 0.05) is 18.5 Å². The van der Waals surface area contributed by atoms with Crippen LogP contribution in [0.15, 0.2) is 29.3 Å². The average Bonchev–Trinajstić information content (AvgIpc) is 3.12. The van der Waals surface area contributed by atoms with Crippen LogP contribution in [-0.4, -0.2) is 50.2 Å². The lowest BCUT2D eigenvalue weighted by atomic mass is 10.0. The van der Waals surface area contributed by atoms with Gasteiger partial charge in [0.05, 0.1) is 17.8 Å². The standard InChI is InChI=1S/C21H20F3N7O/c1-11-27-16-7-8-31(9-14(16)20(30-11)32-21(23)24)19(26-10-25)18-17(28-12(2)29-18)13-5-3-4-6-15(13)22/h3-6,10,21,25H,7-9H2,1-2H3,(H,28,29). The van der Waals surface area contributed by atoms with E-state index in [4.69, 9.17) is 5.41 Å². The van der Waals surface area contributed by atoms with E-state index in [0.717, 1.165) is 6.34 Å². The molecule has 3 aromatic rings. The van der Waals surface area contributed by atoms with E-state index in [1.165, 1.54) is 6.07 Å². The molecule has 0 radical (unpaired) electrons. The van der Waals surface area contributed by atoms with Gasteiger partial charge in [-0.1, -0.05) is 12.1 Å². The van der Waals surface area contributed by atoms with Gasteiger partial charge < -0.3 is 14.6 Å². The number of rotatable bonds is 5. The summed E-state index contributed by atoms with van der Waals surface area (Å²) >= 11 is 0. The first kappa shape index (κ1) is 21.5. The molecule has 4 rings (SSSR count). The Balaban J connectivity index is 1.77. The fourth-order valence-corrected chi connectivity index (χ4v) is 3.73. The number of aryl methyl sites for hydroxylation is 2. The highest BCUT2D eigenvalue weighted by atomic mass is 19.3. The maximum absolute atomic E-state index is 14.5. The first-order valence-electron chi connectivity index (χ1n) is 9.82. The second-order valence-corrected chi connectivity index (χ2v) is 7.16. The number of nitrogens with zero attached hydrogens (tertiary/aromatic N) is 5. The van der Waals surface area contributed by atoms with Crippen molar-refractivity contribution in [2.75, 3.05) is 6.54 Å². The van der Waals surface area contributed by atoms with Gasteiger partial charge in [-0.15, -0.1) is 0 Å². The molecule has 0 amide bonds. The van der Waals surface area contributed by atoms with E-state index in [0.29, 0.717) is 53.1 Å². The number of hydrogen-bond acceptors (Lipinski definition) is 5. The number of amidine groups is 1. The number of alkyl halides is 2. The highest BCUT2D eigenvalue weighted by Gasteiger charge is 2.29. The van der Waals surface area contributed by atoms with Crippen molar-refractivity contribution in [2.45, 2.75) is 33.4 Å². The second kappa shape index (κ2) is 8.77. The molecule has 0 fully saturated rings. The summed E-state index contributed by atoms with van der Waals surface area (Å²) in [5, 5.41) is 7.54. The molecule has 0 saturated carbocycles. The number of aromatic amines is 1. The van der Waals surface area contributed by atoms with Gasteiger partial charge in [0.1, 0.15) is 35.2 Å². The maximum Gasteiger partial charge on any atom is 0.388 e. The van der Waals surface area contributed by atoms with E-state index in [1.807, 2.05) is 0 Å². The smallest absolute Gasteiger partial charge is 0.388 e. The molecule has 0 spiro atoms. The molecule has 32 heavy (non-hydrogen) atoms.